The van der Waals surface area contributed by atoms with Crippen molar-refractivity contribution in [2.75, 3.05) is 0 Å². The molecule has 0 spiro atoms. The molecule has 0 aliphatic carbocycles. The van der Waals surface area contributed by atoms with E-state index in [-0.39, 0.29) is 16.7 Å². The normalized spacial score (nSPS) is 12.0. The second-order valence-electron chi connectivity index (χ2n) is 4.97. The Labute approximate surface area is 133 Å². The molecular weight excluding hydrogens is 309 g/mol. The summed E-state index contributed by atoms with van der Waals surface area (Å²) in [6, 6.07) is 3.76. The van der Waals surface area contributed by atoms with E-state index in [0.717, 1.165) is 17.3 Å². The fourth-order valence-electron chi connectivity index (χ4n) is 1.96. The van der Waals surface area contributed by atoms with E-state index in [1.54, 1.807) is 11.6 Å². The zero-order valence-electron chi connectivity index (χ0n) is 12.6. The summed E-state index contributed by atoms with van der Waals surface area (Å²) in [5, 5.41) is 7.10. The molecule has 0 saturated heterocycles. The molecule has 0 fully saturated rings. The minimum absolute atomic E-state index is 0.128. The molecular formula is C15H17ClFN3O2. The predicted molar refractivity (Wildman–Crippen MR) is 81.3 cm³/mol. The second kappa shape index (κ2) is 6.79. The van der Waals surface area contributed by atoms with Crippen LogP contribution in [0.15, 0.2) is 24.4 Å². The van der Waals surface area contributed by atoms with Crippen molar-refractivity contribution in [3.8, 4) is 5.75 Å². The smallest absolute Gasteiger partial charge is 0.261 e. The van der Waals surface area contributed by atoms with E-state index in [9.17, 15) is 9.18 Å². The molecule has 5 nitrogen and oxygen atoms in total. The van der Waals surface area contributed by atoms with Crippen LogP contribution >= 0.6 is 11.6 Å². The molecule has 0 radical (unpaired) electrons. The van der Waals surface area contributed by atoms with E-state index in [1.165, 1.54) is 12.1 Å². The first-order valence-corrected chi connectivity index (χ1v) is 7.13. The minimum atomic E-state index is -0.750. The van der Waals surface area contributed by atoms with Crippen molar-refractivity contribution in [1.82, 2.24) is 15.1 Å². The molecule has 0 saturated carbocycles. The first-order chi connectivity index (χ1) is 10.4. The van der Waals surface area contributed by atoms with Crippen molar-refractivity contribution in [3.63, 3.8) is 0 Å². The van der Waals surface area contributed by atoms with Crippen molar-refractivity contribution in [1.29, 1.82) is 0 Å². The highest BCUT2D eigenvalue weighted by molar-refractivity contribution is 6.32. The Bertz CT molecular complexity index is 687. The summed E-state index contributed by atoms with van der Waals surface area (Å²) in [5.41, 5.74) is 1.79. The van der Waals surface area contributed by atoms with Gasteiger partial charge in [0.1, 0.15) is 11.6 Å². The second-order valence-corrected chi connectivity index (χ2v) is 5.37. The number of aromatic nitrogens is 2. The molecule has 22 heavy (non-hydrogen) atoms. The Morgan fingerprint density at radius 1 is 1.55 bits per heavy atom. The number of carbonyl (C=O) groups excluding carboxylic acids is 1. The summed E-state index contributed by atoms with van der Waals surface area (Å²) in [6.07, 6.45) is 1.10. The fraction of sp³-hybridized carbons (Fsp3) is 0.333. The number of benzene rings is 1. The van der Waals surface area contributed by atoms with Gasteiger partial charge >= 0.3 is 0 Å². The van der Waals surface area contributed by atoms with Crippen molar-refractivity contribution in [2.45, 2.75) is 26.5 Å². The van der Waals surface area contributed by atoms with Gasteiger partial charge in [0.05, 0.1) is 10.7 Å². The van der Waals surface area contributed by atoms with Gasteiger partial charge in [-0.3, -0.25) is 9.48 Å². The molecule has 1 aromatic carbocycles. The number of carbonyl (C=O) groups is 1. The number of aryl methyl sites for hydroxylation is 2. The van der Waals surface area contributed by atoms with Gasteiger partial charge in [0.2, 0.25) is 0 Å². The number of nitrogens with one attached hydrogen (secondary N) is 1. The SMILES string of the molecule is Cc1nn(C)cc1CNC(=O)[C@H](C)Oc1ccc(F)cc1Cl. The summed E-state index contributed by atoms with van der Waals surface area (Å²) in [6.45, 7) is 3.84. The van der Waals surface area contributed by atoms with Gasteiger partial charge in [0, 0.05) is 25.4 Å². The quantitative estimate of drug-likeness (QED) is 0.919. The van der Waals surface area contributed by atoms with E-state index in [0.29, 0.717) is 6.54 Å². The first kappa shape index (κ1) is 16.3. The van der Waals surface area contributed by atoms with Crippen molar-refractivity contribution in [3.05, 3.63) is 46.5 Å². The molecule has 2 rings (SSSR count). The summed E-state index contributed by atoms with van der Waals surface area (Å²) in [5.74, 6) is -0.478. The Morgan fingerprint density at radius 2 is 2.27 bits per heavy atom. The fourth-order valence-corrected chi connectivity index (χ4v) is 2.17. The maximum absolute atomic E-state index is 13.0. The maximum Gasteiger partial charge on any atom is 0.261 e. The highest BCUT2D eigenvalue weighted by atomic mass is 35.5. The van der Waals surface area contributed by atoms with Gasteiger partial charge < -0.3 is 10.1 Å². The Hall–Kier alpha value is -2.08. The molecule has 0 aliphatic rings. The highest BCUT2D eigenvalue weighted by Gasteiger charge is 2.16. The van der Waals surface area contributed by atoms with Crippen molar-refractivity contribution in [2.24, 2.45) is 7.05 Å². The van der Waals surface area contributed by atoms with Gasteiger partial charge in [-0.1, -0.05) is 11.6 Å². The third-order valence-corrected chi connectivity index (χ3v) is 3.43. The number of rotatable bonds is 5. The molecule has 0 aliphatic heterocycles. The molecule has 0 unspecified atom stereocenters. The van der Waals surface area contributed by atoms with Crippen LogP contribution in [-0.2, 0) is 18.4 Å². The summed E-state index contributed by atoms with van der Waals surface area (Å²) < 4.78 is 20.1. The standard InChI is InChI=1S/C15H17ClFN3O2/c1-9-11(8-20(3)19-9)7-18-15(21)10(2)22-14-5-4-12(17)6-13(14)16/h4-6,8,10H,7H2,1-3H3,(H,18,21)/t10-/m0/s1. The molecule has 118 valence electrons. The molecule has 1 heterocycles. The van der Waals surface area contributed by atoms with Gasteiger partial charge in [-0.25, -0.2) is 4.39 Å². The van der Waals surface area contributed by atoms with Crippen LogP contribution in [0.3, 0.4) is 0 Å². The van der Waals surface area contributed by atoms with Crippen LogP contribution in [0.25, 0.3) is 0 Å². The van der Waals surface area contributed by atoms with Crippen LogP contribution in [0.1, 0.15) is 18.2 Å². The number of hydrogen-bond donors (Lipinski definition) is 1. The van der Waals surface area contributed by atoms with E-state index in [2.05, 4.69) is 10.4 Å². The molecule has 1 atom stereocenters. The summed E-state index contributed by atoms with van der Waals surface area (Å²) in [7, 11) is 1.82. The monoisotopic (exact) mass is 325 g/mol. The number of hydrogen-bond acceptors (Lipinski definition) is 3. The molecule has 0 bridgehead atoms. The van der Waals surface area contributed by atoms with E-state index >= 15 is 0 Å². The van der Waals surface area contributed by atoms with E-state index < -0.39 is 11.9 Å². The van der Waals surface area contributed by atoms with Crippen molar-refractivity contribution >= 4 is 17.5 Å². The molecule has 1 amide bonds. The molecule has 2 aromatic rings. The lowest BCUT2D eigenvalue weighted by Gasteiger charge is -2.15. The number of halogens is 2. The predicted octanol–water partition coefficient (Wildman–Crippen LogP) is 2.60. The summed E-state index contributed by atoms with van der Waals surface area (Å²) >= 11 is 5.87. The zero-order chi connectivity index (χ0) is 16.3. The van der Waals surface area contributed by atoms with E-state index in [1.807, 2.05) is 20.2 Å². The van der Waals surface area contributed by atoms with Gasteiger partial charge in [-0.05, 0) is 32.0 Å². The first-order valence-electron chi connectivity index (χ1n) is 6.75. The van der Waals surface area contributed by atoms with Crippen LogP contribution in [0.4, 0.5) is 4.39 Å². The van der Waals surface area contributed by atoms with Crippen molar-refractivity contribution < 1.29 is 13.9 Å². The van der Waals surface area contributed by atoms with Gasteiger partial charge in [-0.15, -0.1) is 0 Å². The van der Waals surface area contributed by atoms with E-state index in [4.69, 9.17) is 16.3 Å². The largest absolute Gasteiger partial charge is 0.479 e. The Kier molecular flexibility index (Phi) is 5.03. The third kappa shape index (κ3) is 3.98. The molecule has 1 N–H and O–H groups in total. The lowest BCUT2D eigenvalue weighted by atomic mass is 10.2. The summed E-state index contributed by atoms with van der Waals surface area (Å²) in [4.78, 5) is 12.0. The average Bonchev–Trinajstić information content (AvgIpc) is 2.77. The average molecular weight is 326 g/mol. The Morgan fingerprint density at radius 3 is 2.86 bits per heavy atom. The van der Waals surface area contributed by atoms with Gasteiger partial charge in [0.15, 0.2) is 6.10 Å². The highest BCUT2D eigenvalue weighted by Crippen LogP contribution is 2.25. The number of amides is 1. The third-order valence-electron chi connectivity index (χ3n) is 3.14. The number of ether oxygens (including phenoxy) is 1. The maximum atomic E-state index is 13.0. The van der Waals surface area contributed by atoms with Crippen LogP contribution in [-0.4, -0.2) is 21.8 Å². The lowest BCUT2D eigenvalue weighted by Crippen LogP contribution is -2.36. The topological polar surface area (TPSA) is 56.2 Å². The van der Waals surface area contributed by atoms with Crippen LogP contribution in [0.2, 0.25) is 5.02 Å². The van der Waals surface area contributed by atoms with Gasteiger partial charge in [-0.2, -0.15) is 5.10 Å². The van der Waals surface area contributed by atoms with Crippen LogP contribution < -0.4 is 10.1 Å². The zero-order valence-corrected chi connectivity index (χ0v) is 13.3. The molecule has 1 aromatic heterocycles. The molecule has 7 heteroatoms. The number of nitrogens with zero attached hydrogens (tertiary/aromatic N) is 2. The lowest BCUT2D eigenvalue weighted by molar-refractivity contribution is -0.127. The van der Waals surface area contributed by atoms with Crippen LogP contribution in [0, 0.1) is 12.7 Å². The van der Waals surface area contributed by atoms with Crippen LogP contribution in [0.5, 0.6) is 5.75 Å². The minimum Gasteiger partial charge on any atom is -0.479 e. The van der Waals surface area contributed by atoms with Gasteiger partial charge in [0.25, 0.3) is 5.91 Å². The Balaban J connectivity index is 1.93.